The van der Waals surface area contributed by atoms with Crippen LogP contribution in [0.3, 0.4) is 0 Å². The van der Waals surface area contributed by atoms with E-state index < -0.39 is 23.5 Å². The third kappa shape index (κ3) is 3.87. The van der Waals surface area contributed by atoms with Gasteiger partial charge in [-0.3, -0.25) is 9.97 Å². The van der Waals surface area contributed by atoms with Gasteiger partial charge in [0.2, 0.25) is 0 Å². The van der Waals surface area contributed by atoms with Gasteiger partial charge in [-0.2, -0.15) is 26.3 Å². The highest BCUT2D eigenvalue weighted by molar-refractivity contribution is 7.99. The van der Waals surface area contributed by atoms with Crippen molar-refractivity contribution in [2.45, 2.75) is 22.1 Å². The summed E-state index contributed by atoms with van der Waals surface area (Å²) in [6.45, 7) is 0. The molecule has 4 aromatic rings. The number of alkyl halides is 6. The standard InChI is InChI=1S/C20H10F6N2S/c21-19(22,23)11-1-3-15-13(9-11)17(5-7-27-15)29-18-6-8-28-16-4-2-12(10-14(16)18)20(24,25)26/h1-10H. The summed E-state index contributed by atoms with van der Waals surface area (Å²) in [6, 6.07) is 9.50. The Labute approximate surface area is 164 Å². The highest BCUT2D eigenvalue weighted by Gasteiger charge is 2.31. The third-order valence-electron chi connectivity index (χ3n) is 4.28. The molecule has 0 saturated carbocycles. The summed E-state index contributed by atoms with van der Waals surface area (Å²) >= 11 is 1.07. The van der Waals surface area contributed by atoms with E-state index in [1.165, 1.54) is 36.7 Å². The molecule has 2 aromatic heterocycles. The molecule has 0 unspecified atom stereocenters. The Hall–Kier alpha value is -2.81. The van der Waals surface area contributed by atoms with Crippen LogP contribution >= 0.6 is 11.8 Å². The summed E-state index contributed by atoms with van der Waals surface area (Å²) in [5.74, 6) is 0. The molecular weight excluding hydrogens is 414 g/mol. The summed E-state index contributed by atoms with van der Waals surface area (Å²) in [4.78, 5) is 9.05. The second-order valence-electron chi connectivity index (χ2n) is 6.18. The Bertz CT molecular complexity index is 1120. The second kappa shape index (κ2) is 6.91. The van der Waals surface area contributed by atoms with Crippen molar-refractivity contribution in [1.29, 1.82) is 0 Å². The molecule has 0 aliphatic rings. The Morgan fingerprint density at radius 3 is 1.38 bits per heavy atom. The fourth-order valence-electron chi connectivity index (χ4n) is 2.89. The van der Waals surface area contributed by atoms with Gasteiger partial charge in [-0.25, -0.2) is 0 Å². The van der Waals surface area contributed by atoms with Crippen LogP contribution in [0, 0.1) is 0 Å². The zero-order valence-electron chi connectivity index (χ0n) is 14.3. The van der Waals surface area contributed by atoms with Crippen molar-refractivity contribution in [2.24, 2.45) is 0 Å². The first-order valence-electron chi connectivity index (χ1n) is 8.23. The molecule has 2 nitrogen and oxygen atoms in total. The van der Waals surface area contributed by atoms with Crippen LogP contribution in [0.25, 0.3) is 21.8 Å². The Balaban J connectivity index is 1.85. The predicted octanol–water partition coefficient (Wildman–Crippen LogP) is 6.97. The van der Waals surface area contributed by atoms with Crippen LogP contribution in [0.2, 0.25) is 0 Å². The van der Waals surface area contributed by atoms with Crippen molar-refractivity contribution in [3.8, 4) is 0 Å². The molecule has 4 rings (SSSR count). The maximum absolute atomic E-state index is 13.1. The molecule has 2 aromatic carbocycles. The summed E-state index contributed by atoms with van der Waals surface area (Å²) in [5.41, 5.74) is -0.924. The molecule has 29 heavy (non-hydrogen) atoms. The van der Waals surface area contributed by atoms with E-state index in [1.807, 2.05) is 0 Å². The second-order valence-corrected chi connectivity index (χ2v) is 7.26. The van der Waals surface area contributed by atoms with Crippen LogP contribution in [0.4, 0.5) is 26.3 Å². The van der Waals surface area contributed by atoms with Gasteiger partial charge in [-0.1, -0.05) is 11.8 Å². The van der Waals surface area contributed by atoms with Crippen LogP contribution in [-0.2, 0) is 12.4 Å². The monoisotopic (exact) mass is 424 g/mol. The topological polar surface area (TPSA) is 25.8 Å². The fraction of sp³-hybridized carbons (Fsp3) is 0.100. The van der Waals surface area contributed by atoms with Crippen molar-refractivity contribution in [2.75, 3.05) is 0 Å². The predicted molar refractivity (Wildman–Crippen MR) is 97.6 cm³/mol. The molecule has 0 radical (unpaired) electrons. The zero-order valence-corrected chi connectivity index (χ0v) is 15.2. The van der Waals surface area contributed by atoms with Crippen molar-refractivity contribution in [1.82, 2.24) is 9.97 Å². The van der Waals surface area contributed by atoms with Crippen molar-refractivity contribution in [3.63, 3.8) is 0 Å². The van der Waals surface area contributed by atoms with E-state index in [0.717, 1.165) is 36.0 Å². The van der Waals surface area contributed by atoms with Crippen LogP contribution in [0.15, 0.2) is 70.7 Å². The molecule has 9 heteroatoms. The maximum atomic E-state index is 13.1. The van der Waals surface area contributed by atoms with E-state index in [0.29, 0.717) is 20.8 Å². The maximum Gasteiger partial charge on any atom is 0.416 e. The lowest BCUT2D eigenvalue weighted by Crippen LogP contribution is -2.04. The molecule has 2 heterocycles. The molecule has 0 aliphatic carbocycles. The van der Waals surface area contributed by atoms with Crippen LogP contribution in [0.5, 0.6) is 0 Å². The fourth-order valence-corrected chi connectivity index (χ4v) is 3.93. The van der Waals surface area contributed by atoms with Gasteiger partial charge in [-0.05, 0) is 48.5 Å². The third-order valence-corrected chi connectivity index (χ3v) is 5.43. The van der Waals surface area contributed by atoms with Crippen LogP contribution in [-0.4, -0.2) is 9.97 Å². The van der Waals surface area contributed by atoms with Crippen molar-refractivity contribution in [3.05, 3.63) is 72.1 Å². The molecule has 0 aliphatic heterocycles. The minimum Gasteiger partial charge on any atom is -0.256 e. The minimum atomic E-state index is -4.52. The molecule has 0 saturated heterocycles. The summed E-state index contributed by atoms with van der Waals surface area (Å²) in [7, 11) is 0. The number of hydrogen-bond donors (Lipinski definition) is 0. The lowest BCUT2D eigenvalue weighted by atomic mass is 10.1. The molecule has 0 atom stereocenters. The highest BCUT2D eigenvalue weighted by Crippen LogP contribution is 2.40. The van der Waals surface area contributed by atoms with Gasteiger partial charge in [-0.15, -0.1) is 0 Å². The molecular formula is C20H10F6N2S. The van der Waals surface area contributed by atoms with Gasteiger partial charge in [0.05, 0.1) is 22.2 Å². The average molecular weight is 424 g/mol. The van der Waals surface area contributed by atoms with E-state index in [2.05, 4.69) is 9.97 Å². The number of rotatable bonds is 2. The number of nitrogens with zero attached hydrogens (tertiary/aromatic N) is 2. The number of pyridine rings is 2. The zero-order chi connectivity index (χ0) is 20.8. The van der Waals surface area contributed by atoms with Crippen molar-refractivity contribution < 1.29 is 26.3 Å². The number of hydrogen-bond acceptors (Lipinski definition) is 3. The summed E-state index contributed by atoms with van der Waals surface area (Å²) in [5, 5.41) is 0.536. The number of halogens is 6. The number of aromatic nitrogens is 2. The lowest BCUT2D eigenvalue weighted by Gasteiger charge is -2.12. The highest BCUT2D eigenvalue weighted by atomic mass is 32.2. The lowest BCUT2D eigenvalue weighted by molar-refractivity contribution is -0.138. The van der Waals surface area contributed by atoms with Crippen LogP contribution < -0.4 is 0 Å². The van der Waals surface area contributed by atoms with Gasteiger partial charge < -0.3 is 0 Å². The van der Waals surface area contributed by atoms with E-state index in [4.69, 9.17) is 0 Å². The van der Waals surface area contributed by atoms with Gasteiger partial charge in [0, 0.05) is 33.0 Å². The molecule has 0 N–H and O–H groups in total. The first-order chi connectivity index (χ1) is 13.6. The van der Waals surface area contributed by atoms with E-state index >= 15 is 0 Å². The Kier molecular flexibility index (Phi) is 4.65. The van der Waals surface area contributed by atoms with E-state index in [-0.39, 0.29) is 10.8 Å². The average Bonchev–Trinajstić information content (AvgIpc) is 2.66. The molecule has 0 fully saturated rings. The molecule has 0 spiro atoms. The van der Waals surface area contributed by atoms with Gasteiger partial charge >= 0.3 is 12.4 Å². The van der Waals surface area contributed by atoms with Crippen molar-refractivity contribution >= 4 is 33.6 Å². The summed E-state index contributed by atoms with van der Waals surface area (Å²) < 4.78 is 78.6. The van der Waals surface area contributed by atoms with E-state index in [1.54, 1.807) is 0 Å². The smallest absolute Gasteiger partial charge is 0.256 e. The quantitative estimate of drug-likeness (QED) is 0.325. The number of benzene rings is 2. The Morgan fingerprint density at radius 2 is 1.00 bits per heavy atom. The SMILES string of the molecule is FC(F)(F)c1ccc2nccc(Sc3ccnc4ccc(C(F)(F)F)cc34)c2c1. The first kappa shape index (κ1) is 19.5. The largest absolute Gasteiger partial charge is 0.416 e. The Morgan fingerprint density at radius 1 is 0.586 bits per heavy atom. The first-order valence-corrected chi connectivity index (χ1v) is 9.04. The van der Waals surface area contributed by atoms with Gasteiger partial charge in [0.15, 0.2) is 0 Å². The van der Waals surface area contributed by atoms with Crippen LogP contribution in [0.1, 0.15) is 11.1 Å². The van der Waals surface area contributed by atoms with E-state index in [9.17, 15) is 26.3 Å². The molecule has 0 bridgehead atoms. The van der Waals surface area contributed by atoms with Gasteiger partial charge in [0.1, 0.15) is 0 Å². The molecule has 148 valence electrons. The van der Waals surface area contributed by atoms with Gasteiger partial charge in [0.25, 0.3) is 0 Å². The summed E-state index contributed by atoms with van der Waals surface area (Å²) in [6.07, 6.45) is -6.14. The normalized spacial score (nSPS) is 12.6. The number of fused-ring (bicyclic) bond motifs is 2. The molecule has 0 amide bonds. The minimum absolute atomic E-state index is 0.268.